The van der Waals surface area contributed by atoms with Crippen molar-refractivity contribution in [1.29, 1.82) is 0 Å². The van der Waals surface area contributed by atoms with Crippen molar-refractivity contribution in [2.24, 2.45) is 18.0 Å². The van der Waals surface area contributed by atoms with E-state index in [9.17, 15) is 9.59 Å². The normalized spacial score (nSPS) is 16.1. The van der Waals surface area contributed by atoms with Crippen LogP contribution in [0.5, 0.6) is 0 Å². The molecule has 0 radical (unpaired) electrons. The predicted molar refractivity (Wildman–Crippen MR) is 120 cm³/mol. The van der Waals surface area contributed by atoms with Crippen molar-refractivity contribution in [3.63, 3.8) is 0 Å². The van der Waals surface area contributed by atoms with Crippen molar-refractivity contribution in [3.05, 3.63) is 56.0 Å². The molecule has 0 bridgehead atoms. The van der Waals surface area contributed by atoms with Gasteiger partial charge in [-0.25, -0.2) is 4.79 Å². The molecule has 0 saturated heterocycles. The number of aliphatic imine (C=N–C) groups is 1. The van der Waals surface area contributed by atoms with E-state index < -0.39 is 0 Å². The third kappa shape index (κ3) is 5.31. The summed E-state index contributed by atoms with van der Waals surface area (Å²) in [5.41, 5.74) is 1.99. The van der Waals surface area contributed by atoms with Gasteiger partial charge in [-0.2, -0.15) is 4.99 Å². The molecule has 168 valence electrons. The number of methoxy groups -OCH3 is 1. The highest BCUT2D eigenvalue weighted by molar-refractivity contribution is 5.82. The van der Waals surface area contributed by atoms with Crippen LogP contribution in [0.3, 0.4) is 0 Å². The Labute approximate surface area is 182 Å². The molecule has 0 aliphatic carbocycles. The fourth-order valence-electron chi connectivity index (χ4n) is 3.84. The smallest absolute Gasteiger partial charge is 0.332 e. The second kappa shape index (κ2) is 10.0. The summed E-state index contributed by atoms with van der Waals surface area (Å²) in [5.74, 6) is 0.967. The number of fused-ring (bicyclic) bond motifs is 1. The van der Waals surface area contributed by atoms with E-state index in [0.717, 1.165) is 11.3 Å². The molecular weight excluding hydrogens is 396 g/mol. The minimum atomic E-state index is -0.367. The van der Waals surface area contributed by atoms with Crippen LogP contribution < -0.4 is 11.2 Å². The number of hydrogen-bond donors (Lipinski definition) is 0. The maximum absolute atomic E-state index is 13.2. The summed E-state index contributed by atoms with van der Waals surface area (Å²) in [5, 5.41) is 0. The summed E-state index contributed by atoms with van der Waals surface area (Å²) < 4.78 is 13.9. The van der Waals surface area contributed by atoms with E-state index in [1.807, 2.05) is 33.0 Å². The highest BCUT2D eigenvalue weighted by Crippen LogP contribution is 2.27. The van der Waals surface area contributed by atoms with Gasteiger partial charge < -0.3 is 9.47 Å². The van der Waals surface area contributed by atoms with Crippen molar-refractivity contribution >= 4 is 11.7 Å². The molecule has 1 aliphatic rings. The first kappa shape index (κ1) is 22.9. The number of aryl methyl sites for hydroxylation is 1. The van der Waals surface area contributed by atoms with E-state index >= 15 is 0 Å². The first-order valence-electron chi connectivity index (χ1n) is 10.8. The van der Waals surface area contributed by atoms with Gasteiger partial charge in [-0.1, -0.05) is 6.07 Å². The van der Waals surface area contributed by atoms with E-state index in [1.165, 1.54) is 9.13 Å². The lowest BCUT2D eigenvalue weighted by molar-refractivity contribution is 0.189. The standard InChI is InChI=1S/C23H32N4O4/c1-15(2)31-21-18(13-17-8-7-16(3)24-14-17)9-10-19-20(25-21)26(4)23(29)27(22(19)28)11-6-12-30-5/h7-8,14-15,18H,6,9-13H2,1-5H3. The summed E-state index contributed by atoms with van der Waals surface area (Å²) in [6, 6.07) is 4.05. The Bertz CT molecular complexity index is 1050. The van der Waals surface area contributed by atoms with Crippen LogP contribution in [-0.2, 0) is 35.9 Å². The van der Waals surface area contributed by atoms with Gasteiger partial charge in [0.1, 0.15) is 5.82 Å². The first-order chi connectivity index (χ1) is 14.8. The molecule has 2 aromatic rings. The first-order valence-corrected chi connectivity index (χ1v) is 10.8. The van der Waals surface area contributed by atoms with Crippen LogP contribution in [0, 0.1) is 12.8 Å². The van der Waals surface area contributed by atoms with Crippen molar-refractivity contribution < 1.29 is 9.47 Å². The summed E-state index contributed by atoms with van der Waals surface area (Å²) in [7, 11) is 3.26. The molecule has 0 spiro atoms. The fourth-order valence-corrected chi connectivity index (χ4v) is 3.84. The quantitative estimate of drug-likeness (QED) is 0.633. The molecule has 1 atom stereocenters. The molecule has 8 nitrogen and oxygen atoms in total. The predicted octanol–water partition coefficient (Wildman–Crippen LogP) is 2.55. The zero-order chi connectivity index (χ0) is 22.5. The van der Waals surface area contributed by atoms with Crippen LogP contribution in [0.25, 0.3) is 0 Å². The van der Waals surface area contributed by atoms with E-state index in [4.69, 9.17) is 14.5 Å². The molecule has 0 saturated carbocycles. The van der Waals surface area contributed by atoms with Gasteiger partial charge in [0.2, 0.25) is 0 Å². The molecule has 0 fully saturated rings. The number of rotatable bonds is 7. The Morgan fingerprint density at radius 2 is 2.03 bits per heavy atom. The second-order valence-electron chi connectivity index (χ2n) is 8.31. The molecule has 1 aliphatic heterocycles. The van der Waals surface area contributed by atoms with Crippen molar-refractivity contribution in [2.45, 2.75) is 59.1 Å². The third-order valence-corrected chi connectivity index (χ3v) is 5.46. The van der Waals surface area contributed by atoms with Gasteiger partial charge in [0.15, 0.2) is 5.90 Å². The van der Waals surface area contributed by atoms with E-state index in [2.05, 4.69) is 11.1 Å². The Morgan fingerprint density at radius 3 is 2.68 bits per heavy atom. The number of aromatic nitrogens is 3. The second-order valence-corrected chi connectivity index (χ2v) is 8.31. The lowest BCUT2D eigenvalue weighted by Crippen LogP contribution is -2.41. The van der Waals surface area contributed by atoms with Crippen LogP contribution >= 0.6 is 0 Å². The van der Waals surface area contributed by atoms with Gasteiger partial charge in [0.05, 0.1) is 11.7 Å². The average Bonchev–Trinajstić information content (AvgIpc) is 2.90. The molecule has 31 heavy (non-hydrogen) atoms. The minimum absolute atomic E-state index is 0.00394. The van der Waals surface area contributed by atoms with E-state index in [1.54, 1.807) is 14.2 Å². The Balaban J connectivity index is 2.01. The fraction of sp³-hybridized carbons (Fsp3) is 0.565. The number of ether oxygens (including phenoxy) is 2. The highest BCUT2D eigenvalue weighted by Gasteiger charge is 2.27. The lowest BCUT2D eigenvalue weighted by atomic mass is 9.94. The number of pyridine rings is 1. The van der Waals surface area contributed by atoms with Gasteiger partial charge >= 0.3 is 5.69 Å². The topological polar surface area (TPSA) is 87.7 Å². The molecular formula is C23H32N4O4. The molecule has 8 heteroatoms. The van der Waals surface area contributed by atoms with Crippen LogP contribution in [0.2, 0.25) is 0 Å². The SMILES string of the molecule is COCCCn1c(=O)c2c(n(C)c1=O)N=C(OC(C)C)C(Cc1ccc(C)nc1)CC2. The minimum Gasteiger partial charge on any atom is -0.478 e. The van der Waals surface area contributed by atoms with E-state index in [-0.39, 0.29) is 23.3 Å². The maximum atomic E-state index is 13.2. The zero-order valence-corrected chi connectivity index (χ0v) is 19.1. The number of hydrogen-bond acceptors (Lipinski definition) is 6. The summed E-state index contributed by atoms with van der Waals surface area (Å²) in [6.45, 7) is 6.67. The molecule has 3 rings (SSSR count). The van der Waals surface area contributed by atoms with Gasteiger partial charge in [-0.3, -0.25) is 18.9 Å². The average molecular weight is 429 g/mol. The van der Waals surface area contributed by atoms with Crippen LogP contribution in [0.4, 0.5) is 5.82 Å². The zero-order valence-electron chi connectivity index (χ0n) is 19.1. The van der Waals surface area contributed by atoms with Gasteiger partial charge in [0, 0.05) is 45.1 Å². The van der Waals surface area contributed by atoms with Crippen molar-refractivity contribution in [2.75, 3.05) is 13.7 Å². The summed E-state index contributed by atoms with van der Waals surface area (Å²) in [4.78, 5) is 35.1. The Hall–Kier alpha value is -2.74. The Kier molecular flexibility index (Phi) is 7.43. The van der Waals surface area contributed by atoms with Crippen LogP contribution in [0.1, 0.15) is 43.5 Å². The van der Waals surface area contributed by atoms with Gasteiger partial charge in [0.25, 0.3) is 5.56 Å². The van der Waals surface area contributed by atoms with E-state index in [0.29, 0.717) is 56.1 Å². The third-order valence-electron chi connectivity index (χ3n) is 5.46. The maximum Gasteiger partial charge on any atom is 0.332 e. The molecule has 0 N–H and O–H groups in total. The largest absolute Gasteiger partial charge is 0.478 e. The molecule has 3 heterocycles. The van der Waals surface area contributed by atoms with Crippen LogP contribution in [0.15, 0.2) is 32.9 Å². The summed E-state index contributed by atoms with van der Waals surface area (Å²) >= 11 is 0. The van der Waals surface area contributed by atoms with Crippen LogP contribution in [-0.4, -0.2) is 39.8 Å². The monoisotopic (exact) mass is 428 g/mol. The van der Waals surface area contributed by atoms with Gasteiger partial charge in [-0.15, -0.1) is 0 Å². The molecule has 0 aromatic carbocycles. The highest BCUT2D eigenvalue weighted by atomic mass is 16.5. The molecule has 2 aromatic heterocycles. The molecule has 1 unspecified atom stereocenters. The number of nitrogens with zero attached hydrogens (tertiary/aromatic N) is 4. The van der Waals surface area contributed by atoms with Gasteiger partial charge in [-0.05, 0) is 58.1 Å². The Morgan fingerprint density at radius 1 is 1.26 bits per heavy atom. The lowest BCUT2D eigenvalue weighted by Gasteiger charge is -2.20. The molecule has 0 amide bonds. The van der Waals surface area contributed by atoms with Crippen molar-refractivity contribution in [3.8, 4) is 0 Å². The summed E-state index contributed by atoms with van der Waals surface area (Å²) in [6.07, 6.45) is 4.36. The van der Waals surface area contributed by atoms with Crippen molar-refractivity contribution in [1.82, 2.24) is 14.1 Å².